The van der Waals surface area contributed by atoms with Gasteiger partial charge in [0.2, 0.25) is 5.91 Å². The summed E-state index contributed by atoms with van der Waals surface area (Å²) in [7, 11) is 0. The van der Waals surface area contributed by atoms with Crippen LogP contribution in [0.5, 0.6) is 0 Å². The Morgan fingerprint density at radius 1 is 1.29 bits per heavy atom. The van der Waals surface area contributed by atoms with Gasteiger partial charge in [0.15, 0.2) is 0 Å². The molecule has 0 saturated heterocycles. The van der Waals surface area contributed by atoms with Crippen LogP contribution in [0.4, 0.5) is 0 Å². The molecule has 3 heteroatoms. The number of nitrogens with one attached hydrogen (secondary N) is 1. The Hall–Kier alpha value is -0.570. The van der Waals surface area contributed by atoms with Crippen LogP contribution >= 0.6 is 0 Å². The van der Waals surface area contributed by atoms with E-state index >= 15 is 0 Å². The maximum absolute atomic E-state index is 12.3. The predicted molar refractivity (Wildman–Crippen MR) is 71.5 cm³/mol. The van der Waals surface area contributed by atoms with Crippen molar-refractivity contribution >= 4 is 5.91 Å². The molecule has 0 aromatic rings. The molecular formula is C14H28N2O. The van der Waals surface area contributed by atoms with Gasteiger partial charge in [0.05, 0.1) is 5.54 Å². The van der Waals surface area contributed by atoms with Crippen molar-refractivity contribution in [1.82, 2.24) is 5.32 Å². The van der Waals surface area contributed by atoms with Crippen LogP contribution in [0.25, 0.3) is 0 Å². The van der Waals surface area contributed by atoms with Crippen molar-refractivity contribution in [2.45, 2.75) is 54.0 Å². The molecule has 1 atom stereocenters. The lowest BCUT2D eigenvalue weighted by Crippen LogP contribution is -2.55. The van der Waals surface area contributed by atoms with Crippen LogP contribution in [-0.2, 0) is 4.79 Å². The Labute approximate surface area is 106 Å². The van der Waals surface area contributed by atoms with E-state index < -0.39 is 0 Å². The van der Waals surface area contributed by atoms with Gasteiger partial charge in [0.1, 0.15) is 0 Å². The summed E-state index contributed by atoms with van der Waals surface area (Å²) in [5.74, 6) is 0.586. The number of rotatable bonds is 4. The second kappa shape index (κ2) is 3.98. The van der Waals surface area contributed by atoms with Gasteiger partial charge < -0.3 is 11.1 Å². The van der Waals surface area contributed by atoms with Crippen molar-refractivity contribution < 1.29 is 4.79 Å². The maximum atomic E-state index is 12.3. The molecule has 0 aromatic heterocycles. The second-order valence-corrected chi connectivity index (χ2v) is 7.14. The fourth-order valence-corrected chi connectivity index (χ4v) is 2.64. The molecule has 1 amide bonds. The fraction of sp³-hybridized carbons (Fsp3) is 0.929. The number of nitrogens with two attached hydrogens (primary N) is 1. The molecule has 3 N–H and O–H groups in total. The van der Waals surface area contributed by atoms with E-state index in [2.05, 4.69) is 46.9 Å². The summed E-state index contributed by atoms with van der Waals surface area (Å²) in [4.78, 5) is 12.3. The summed E-state index contributed by atoms with van der Waals surface area (Å²) in [6, 6.07) is 0. The van der Waals surface area contributed by atoms with Gasteiger partial charge in [0.25, 0.3) is 0 Å². The molecule has 0 aliphatic heterocycles. The molecule has 1 saturated carbocycles. The maximum Gasteiger partial charge on any atom is 0.224 e. The molecule has 1 fully saturated rings. The molecule has 1 unspecified atom stereocenters. The molecular weight excluding hydrogens is 212 g/mol. The fourth-order valence-electron chi connectivity index (χ4n) is 2.64. The van der Waals surface area contributed by atoms with Gasteiger partial charge in [-0.1, -0.05) is 41.5 Å². The van der Waals surface area contributed by atoms with Crippen molar-refractivity contribution in [1.29, 1.82) is 0 Å². The molecule has 3 nitrogen and oxygen atoms in total. The third kappa shape index (κ3) is 2.10. The number of hydrogen-bond donors (Lipinski definition) is 2. The molecule has 0 spiro atoms. The zero-order valence-corrected chi connectivity index (χ0v) is 12.3. The summed E-state index contributed by atoms with van der Waals surface area (Å²) < 4.78 is 0. The number of hydrogen-bond acceptors (Lipinski definition) is 2. The summed E-state index contributed by atoms with van der Waals surface area (Å²) in [5, 5.41) is 3.15. The third-order valence-electron chi connectivity index (χ3n) is 5.39. The summed E-state index contributed by atoms with van der Waals surface area (Å²) in [6.45, 7) is 15.3. The van der Waals surface area contributed by atoms with Crippen molar-refractivity contribution in [2.75, 3.05) is 6.54 Å². The van der Waals surface area contributed by atoms with Crippen LogP contribution in [0.2, 0.25) is 0 Å². The zero-order chi connectivity index (χ0) is 13.6. The van der Waals surface area contributed by atoms with Crippen molar-refractivity contribution in [2.24, 2.45) is 28.4 Å². The lowest BCUT2D eigenvalue weighted by Gasteiger charge is -2.34. The summed E-state index contributed by atoms with van der Waals surface area (Å²) >= 11 is 0. The number of carbonyl (C=O) groups is 1. The highest BCUT2D eigenvalue weighted by molar-refractivity contribution is 5.84. The van der Waals surface area contributed by atoms with E-state index in [4.69, 9.17) is 5.73 Å². The largest absolute Gasteiger partial charge is 0.349 e. The lowest BCUT2D eigenvalue weighted by molar-refractivity contribution is -0.125. The zero-order valence-electron chi connectivity index (χ0n) is 12.3. The minimum absolute atomic E-state index is 0.0869. The first-order valence-electron chi connectivity index (χ1n) is 6.53. The Morgan fingerprint density at radius 3 is 1.94 bits per heavy atom. The van der Waals surface area contributed by atoms with Gasteiger partial charge in [-0.05, 0) is 23.7 Å². The standard InChI is InChI=1S/C14H28N2O/c1-9(2)14(7,8-15)16-11(17)10-12(3,4)13(10,5)6/h9-10H,8,15H2,1-7H3,(H,16,17). The number of carbonyl (C=O) groups excluding carboxylic acids is 1. The van der Waals surface area contributed by atoms with E-state index in [0.717, 1.165) is 0 Å². The third-order valence-corrected chi connectivity index (χ3v) is 5.39. The molecule has 0 bridgehead atoms. The van der Waals surface area contributed by atoms with Crippen molar-refractivity contribution in [3.05, 3.63) is 0 Å². The van der Waals surface area contributed by atoms with Gasteiger partial charge >= 0.3 is 0 Å². The smallest absolute Gasteiger partial charge is 0.224 e. The summed E-state index contributed by atoms with van der Waals surface area (Å²) in [5.41, 5.74) is 5.67. The Morgan fingerprint density at radius 2 is 1.71 bits per heavy atom. The molecule has 0 heterocycles. The number of amides is 1. The van der Waals surface area contributed by atoms with E-state index in [9.17, 15) is 4.79 Å². The van der Waals surface area contributed by atoms with Crippen molar-refractivity contribution in [3.63, 3.8) is 0 Å². The van der Waals surface area contributed by atoms with Crippen LogP contribution in [-0.4, -0.2) is 18.0 Å². The Balaban J connectivity index is 2.76. The minimum atomic E-state index is -0.300. The second-order valence-electron chi connectivity index (χ2n) is 7.14. The first-order valence-corrected chi connectivity index (χ1v) is 6.53. The first-order chi connectivity index (χ1) is 7.50. The van der Waals surface area contributed by atoms with Gasteiger partial charge in [-0.3, -0.25) is 4.79 Å². The first kappa shape index (κ1) is 14.5. The van der Waals surface area contributed by atoms with Crippen LogP contribution in [0.3, 0.4) is 0 Å². The molecule has 1 aliphatic carbocycles. The van der Waals surface area contributed by atoms with E-state index in [1.54, 1.807) is 0 Å². The summed E-state index contributed by atoms with van der Waals surface area (Å²) in [6.07, 6.45) is 0. The quantitative estimate of drug-likeness (QED) is 0.791. The van der Waals surface area contributed by atoms with Gasteiger partial charge in [-0.2, -0.15) is 0 Å². The molecule has 0 radical (unpaired) electrons. The van der Waals surface area contributed by atoms with E-state index in [1.807, 2.05) is 6.92 Å². The SMILES string of the molecule is CC(C)C(C)(CN)NC(=O)C1C(C)(C)C1(C)C. The van der Waals surface area contributed by atoms with E-state index in [0.29, 0.717) is 12.5 Å². The van der Waals surface area contributed by atoms with Crippen molar-refractivity contribution in [3.8, 4) is 0 Å². The molecule has 100 valence electrons. The normalized spacial score (nSPS) is 25.5. The molecule has 1 aliphatic rings. The van der Waals surface area contributed by atoms with E-state index in [1.165, 1.54) is 0 Å². The molecule has 17 heavy (non-hydrogen) atoms. The van der Waals surface area contributed by atoms with E-state index in [-0.39, 0.29) is 28.2 Å². The highest BCUT2D eigenvalue weighted by Crippen LogP contribution is 2.68. The lowest BCUT2D eigenvalue weighted by atomic mass is 9.88. The predicted octanol–water partition coefficient (Wildman–Crippen LogP) is 2.16. The van der Waals surface area contributed by atoms with Crippen LogP contribution in [0, 0.1) is 22.7 Å². The average Bonchev–Trinajstić information content (AvgIpc) is 2.56. The van der Waals surface area contributed by atoms with Gasteiger partial charge in [-0.15, -0.1) is 0 Å². The Kier molecular flexibility index (Phi) is 3.39. The topological polar surface area (TPSA) is 55.1 Å². The van der Waals surface area contributed by atoms with Gasteiger partial charge in [0, 0.05) is 12.5 Å². The highest BCUT2D eigenvalue weighted by Gasteiger charge is 2.68. The van der Waals surface area contributed by atoms with Crippen LogP contribution in [0.15, 0.2) is 0 Å². The van der Waals surface area contributed by atoms with Crippen LogP contribution < -0.4 is 11.1 Å². The van der Waals surface area contributed by atoms with Crippen LogP contribution in [0.1, 0.15) is 48.5 Å². The molecule has 1 rings (SSSR count). The highest BCUT2D eigenvalue weighted by atomic mass is 16.2. The Bertz CT molecular complexity index is 306. The van der Waals surface area contributed by atoms with Gasteiger partial charge in [-0.25, -0.2) is 0 Å². The average molecular weight is 240 g/mol. The molecule has 0 aromatic carbocycles. The minimum Gasteiger partial charge on any atom is -0.349 e. The monoisotopic (exact) mass is 240 g/mol.